The average Bonchev–Trinajstić information content (AvgIpc) is 1.44. The first-order valence-electron chi connectivity index (χ1n) is 29.9. The van der Waals surface area contributed by atoms with E-state index in [9.17, 15) is 57.1 Å². The van der Waals surface area contributed by atoms with Gasteiger partial charge in [-0.2, -0.15) is 57.1 Å². The van der Waals surface area contributed by atoms with Gasteiger partial charge < -0.3 is 0 Å². The molecule has 0 saturated heterocycles. The number of halogens is 13. The van der Waals surface area contributed by atoms with Crippen LogP contribution < -0.4 is 27.4 Å². The molecular formula is C64H95F13N12+6. The topological polar surface area (TPSA) is 52.9 Å². The summed E-state index contributed by atoms with van der Waals surface area (Å²) in [4.78, 5) is 0. The number of rotatable bonds is 30. The fraction of sp³-hybridized carbons (Fsp3) is 0.531. The molecule has 0 bridgehead atoms. The van der Waals surface area contributed by atoms with E-state index in [0.717, 1.165) is 49.7 Å². The molecule has 0 spiro atoms. The number of aryl methyl sites for hydroxylation is 8. The van der Waals surface area contributed by atoms with Crippen LogP contribution in [-0.2, 0) is 80.5 Å². The zero-order valence-corrected chi connectivity index (χ0v) is 52.8. The highest BCUT2D eigenvalue weighted by atomic mass is 19.4. The van der Waals surface area contributed by atoms with Gasteiger partial charge in [-0.05, 0) is 37.7 Å². The highest BCUT2D eigenvalue weighted by molar-refractivity contribution is 5.15. The van der Waals surface area contributed by atoms with Crippen molar-refractivity contribution in [2.75, 3.05) is 0 Å². The smallest absolute Gasteiger partial charge is 0.240 e. The van der Waals surface area contributed by atoms with Crippen LogP contribution in [0, 0.1) is 0 Å². The van der Waals surface area contributed by atoms with Gasteiger partial charge in [0.25, 0.3) is 0 Å². The van der Waals surface area contributed by atoms with Crippen molar-refractivity contribution in [1.29, 1.82) is 0 Å². The number of allylic oxidation sites excluding steroid dienone is 3. The molecule has 7 rings (SSSR count). The van der Waals surface area contributed by atoms with Crippen molar-refractivity contribution in [1.82, 2.24) is 27.4 Å². The Morgan fingerprint density at radius 2 is 0.775 bits per heavy atom. The van der Waals surface area contributed by atoms with Crippen LogP contribution in [0.25, 0.3) is 0 Å². The lowest BCUT2D eigenvalue weighted by molar-refractivity contribution is -0.696. The maximum absolute atomic E-state index is 13.7. The predicted molar refractivity (Wildman–Crippen MR) is 316 cm³/mol. The van der Waals surface area contributed by atoms with Gasteiger partial charge in [-0.15, -0.1) is 0 Å². The number of nitrogens with zero attached hydrogens (tertiary/aromatic N) is 12. The van der Waals surface area contributed by atoms with Crippen molar-refractivity contribution in [3.8, 4) is 0 Å². The first-order chi connectivity index (χ1) is 41.9. The molecule has 6 heterocycles. The Balaban J connectivity index is 0.000000387. The maximum atomic E-state index is 13.7. The van der Waals surface area contributed by atoms with E-state index >= 15 is 0 Å². The molecule has 0 aliphatic carbocycles. The van der Waals surface area contributed by atoms with Crippen molar-refractivity contribution < 1.29 is 84.5 Å². The molecule has 0 fully saturated rings. The molecule has 1 aromatic carbocycles. The van der Waals surface area contributed by atoms with E-state index in [0.29, 0.717) is 13.0 Å². The minimum Gasteiger partial charge on any atom is -0.240 e. The molecule has 0 N–H and O–H groups in total. The third-order valence-corrected chi connectivity index (χ3v) is 13.5. The molecule has 7 aromatic rings. The van der Waals surface area contributed by atoms with Crippen molar-refractivity contribution in [2.24, 2.45) is 28.2 Å². The highest BCUT2D eigenvalue weighted by Gasteiger charge is 2.90. The van der Waals surface area contributed by atoms with Crippen LogP contribution in [0.1, 0.15) is 110 Å². The lowest BCUT2D eigenvalue weighted by atomic mass is 9.92. The minimum atomic E-state index is -7.86. The van der Waals surface area contributed by atoms with Crippen molar-refractivity contribution in [2.45, 2.75) is 192 Å². The molecule has 496 valence electrons. The van der Waals surface area contributed by atoms with E-state index in [1.54, 1.807) is 0 Å². The average molecular weight is 1280 g/mol. The van der Waals surface area contributed by atoms with Crippen LogP contribution in [0.5, 0.6) is 0 Å². The van der Waals surface area contributed by atoms with Crippen LogP contribution in [0.2, 0.25) is 0 Å². The van der Waals surface area contributed by atoms with E-state index in [-0.39, 0.29) is 0 Å². The number of benzene rings is 1. The fourth-order valence-corrected chi connectivity index (χ4v) is 8.44. The third kappa shape index (κ3) is 26.8. The summed E-state index contributed by atoms with van der Waals surface area (Å²) in [5, 5.41) is 0. The van der Waals surface area contributed by atoms with Crippen molar-refractivity contribution in [3.05, 3.63) is 186 Å². The van der Waals surface area contributed by atoms with Crippen molar-refractivity contribution in [3.63, 3.8) is 0 Å². The monoisotopic (exact) mass is 1280 g/mol. The van der Waals surface area contributed by atoms with Gasteiger partial charge in [0.15, 0.2) is 0 Å². The van der Waals surface area contributed by atoms with E-state index in [1.165, 1.54) is 93.6 Å². The predicted octanol–water partition coefficient (Wildman–Crippen LogP) is 13.3. The fourth-order valence-electron chi connectivity index (χ4n) is 8.44. The lowest BCUT2D eigenvalue weighted by Gasteiger charge is -2.39. The van der Waals surface area contributed by atoms with Crippen LogP contribution in [-0.4, -0.2) is 63.2 Å². The van der Waals surface area contributed by atoms with Crippen LogP contribution >= 0.6 is 0 Å². The first-order valence-corrected chi connectivity index (χ1v) is 29.9. The second-order valence-electron chi connectivity index (χ2n) is 21.6. The summed E-state index contributed by atoms with van der Waals surface area (Å²) in [5.41, 5.74) is 1.33. The second kappa shape index (κ2) is 39.0. The molecule has 89 heavy (non-hydrogen) atoms. The molecule has 25 heteroatoms. The molecular weight excluding hydrogens is 1180 g/mol. The Kier molecular flexibility index (Phi) is 34.2. The third-order valence-electron chi connectivity index (χ3n) is 13.5. The second-order valence-corrected chi connectivity index (χ2v) is 21.6. The van der Waals surface area contributed by atoms with E-state index in [1.807, 2.05) is 98.1 Å². The first kappa shape index (κ1) is 77.9. The molecule has 0 radical (unpaired) electrons. The van der Waals surface area contributed by atoms with E-state index in [4.69, 9.17) is 0 Å². The summed E-state index contributed by atoms with van der Waals surface area (Å²) in [6.07, 6.45) is 45.5. The van der Waals surface area contributed by atoms with Gasteiger partial charge in [0, 0.05) is 0 Å². The number of hydrogen-bond donors (Lipinski definition) is 0. The van der Waals surface area contributed by atoms with Gasteiger partial charge in [-0.25, -0.2) is 54.8 Å². The Labute approximate surface area is 517 Å². The zero-order chi connectivity index (χ0) is 66.7. The molecule has 0 amide bonds. The molecule has 0 atom stereocenters. The Bertz CT molecular complexity index is 2980. The number of alkyl halides is 13. The highest BCUT2D eigenvalue weighted by Crippen LogP contribution is 2.60. The number of imidazole rings is 6. The van der Waals surface area contributed by atoms with E-state index < -0.39 is 48.8 Å². The number of unbranched alkanes of at least 4 members (excludes halogenated alkanes) is 9. The maximum Gasteiger partial charge on any atom is 0.460 e. The molecule has 0 unspecified atom stereocenters. The SMILES string of the molecule is C=CCn1cc[n+](C)c1.C=CCn1cc[n+](CC=C)c1.CCCCCCCCn1cc[n+](C)c1.CCCCCCn1cc[n+](C)c1.CCCC[n+]1ccn(CCC(F)(F)C(F)(F)C(F)(F)C(F)(F)C(F)(F)C(F)(F)F)c1.C[n+]1ccn(Cc2ccccc2)c1. The Hall–Kier alpha value is -7.21. The molecule has 0 saturated carbocycles. The Morgan fingerprint density at radius 3 is 1.22 bits per heavy atom. The summed E-state index contributed by atoms with van der Waals surface area (Å²) in [6, 6.07) is 10.5. The van der Waals surface area contributed by atoms with Gasteiger partial charge in [0.05, 0.1) is 60.8 Å². The van der Waals surface area contributed by atoms with Gasteiger partial charge in [0.1, 0.15) is 101 Å². The zero-order valence-electron chi connectivity index (χ0n) is 52.8. The van der Waals surface area contributed by atoms with Gasteiger partial charge in [-0.1, -0.05) is 134 Å². The van der Waals surface area contributed by atoms with Gasteiger partial charge in [-0.3, -0.25) is 0 Å². The summed E-state index contributed by atoms with van der Waals surface area (Å²) < 4.78 is 192. The summed E-state index contributed by atoms with van der Waals surface area (Å²) in [7, 11) is 8.15. The summed E-state index contributed by atoms with van der Waals surface area (Å²) in [5.74, 6) is -36.6. The Morgan fingerprint density at radius 1 is 0.393 bits per heavy atom. The molecule has 0 aliphatic rings. The standard InChI is InChI=1S/C15H16F13N2.C12H23N2.C11H13N2.C10H19N2.C9H13N2.C7H11N2/c1-2-3-5-29-7-8-30(9-29)6-4-10(16,17)11(18,19)12(20,21)13(22,23)14(24,25)15(26,27)28;1-3-4-5-6-7-8-9-14-11-10-13(2)12-14;1-12-7-8-13(10-12)9-11-5-3-2-4-6-11;1-3-4-5-6-7-12-9-8-11(2)10-12;1-3-5-10-7-8-11(9-10)6-4-2;1-3-4-9-6-5-8(2)7-9/h7-9H,2-6H2,1H3;10-12H,3-9H2,1-2H3;2-8,10H,9H2,1H3;8-10H,3-7H2,1-2H3;3-4,7-9H,1-2,5-6H2;3,5-7H,1,4H2,2H3/q6*+1. The summed E-state index contributed by atoms with van der Waals surface area (Å²) >= 11 is 0. The minimum absolute atomic E-state index is 0.382. The van der Waals surface area contributed by atoms with Gasteiger partial charge in [0.2, 0.25) is 38.0 Å². The normalized spacial score (nSPS) is 11.8. The number of hydrogen-bond acceptors (Lipinski definition) is 0. The van der Waals surface area contributed by atoms with Crippen LogP contribution in [0.15, 0.2) is 181 Å². The van der Waals surface area contributed by atoms with Gasteiger partial charge >= 0.3 is 35.8 Å². The van der Waals surface area contributed by atoms with E-state index in [2.05, 4.69) is 158 Å². The molecule has 6 aromatic heterocycles. The largest absolute Gasteiger partial charge is 0.460 e. The van der Waals surface area contributed by atoms with Crippen LogP contribution in [0.3, 0.4) is 0 Å². The summed E-state index contributed by atoms with van der Waals surface area (Å²) in [6.45, 7) is 22.4. The molecule has 0 aliphatic heterocycles. The lowest BCUT2D eigenvalue weighted by Crippen LogP contribution is -2.70. The molecule has 12 nitrogen and oxygen atoms in total. The number of aromatic nitrogens is 12. The van der Waals surface area contributed by atoms with Crippen LogP contribution in [0.4, 0.5) is 57.1 Å². The van der Waals surface area contributed by atoms with Crippen molar-refractivity contribution >= 4 is 0 Å². The quantitative estimate of drug-likeness (QED) is 0.0186.